The summed E-state index contributed by atoms with van der Waals surface area (Å²) in [5.74, 6) is 1.62. The smallest absolute Gasteiger partial charge is 0.238 e. The molecule has 24 heavy (non-hydrogen) atoms. The fourth-order valence-electron chi connectivity index (χ4n) is 2.00. The number of nitrogens with one attached hydrogen (secondary N) is 1. The van der Waals surface area contributed by atoms with Crippen LogP contribution in [0.5, 0.6) is 0 Å². The van der Waals surface area contributed by atoms with E-state index in [1.165, 1.54) is 17.6 Å². The third kappa shape index (κ3) is 4.25. The van der Waals surface area contributed by atoms with Gasteiger partial charge in [-0.2, -0.15) is 4.98 Å². The Morgan fingerprint density at radius 1 is 1.38 bits per heavy atom. The standard InChI is InChI=1S/C15H17N5O3S/c1-9(2)8-13-18-19-15(24-13)16-11(21)5-6-12-17-14(20-23-12)10-4-3-7-22-10/h3-4,7,9H,5-6,8H2,1-2H3,(H,16,19,21). The number of anilines is 1. The van der Waals surface area contributed by atoms with Crippen LogP contribution in [0.4, 0.5) is 5.13 Å². The minimum atomic E-state index is -0.167. The number of furan rings is 1. The number of aryl methyl sites for hydroxylation is 1. The lowest BCUT2D eigenvalue weighted by molar-refractivity contribution is -0.116. The van der Waals surface area contributed by atoms with Crippen molar-refractivity contribution in [2.24, 2.45) is 5.92 Å². The average molecular weight is 347 g/mol. The summed E-state index contributed by atoms with van der Waals surface area (Å²) in [6, 6.07) is 3.49. The molecule has 3 rings (SSSR count). The van der Waals surface area contributed by atoms with Gasteiger partial charge in [0, 0.05) is 19.3 Å². The molecule has 0 radical (unpaired) electrons. The molecule has 8 nitrogen and oxygen atoms in total. The van der Waals surface area contributed by atoms with Crippen molar-refractivity contribution in [1.82, 2.24) is 20.3 Å². The van der Waals surface area contributed by atoms with Crippen LogP contribution in [0.25, 0.3) is 11.6 Å². The summed E-state index contributed by atoms with van der Waals surface area (Å²) >= 11 is 1.40. The number of amides is 1. The molecule has 0 atom stereocenters. The van der Waals surface area contributed by atoms with Gasteiger partial charge in [0.25, 0.3) is 0 Å². The first-order valence-electron chi connectivity index (χ1n) is 7.59. The van der Waals surface area contributed by atoms with Crippen LogP contribution in [0.1, 0.15) is 31.2 Å². The van der Waals surface area contributed by atoms with Gasteiger partial charge in [-0.1, -0.05) is 30.3 Å². The third-order valence-corrected chi connectivity index (χ3v) is 3.93. The lowest BCUT2D eigenvalue weighted by atomic mass is 10.1. The molecule has 0 aromatic carbocycles. The molecule has 0 aliphatic rings. The van der Waals surface area contributed by atoms with Gasteiger partial charge in [0.15, 0.2) is 5.76 Å². The number of aromatic nitrogens is 4. The number of carbonyl (C=O) groups is 1. The second-order valence-electron chi connectivity index (χ2n) is 5.64. The number of rotatable bonds is 7. The highest BCUT2D eigenvalue weighted by atomic mass is 32.1. The molecule has 0 unspecified atom stereocenters. The zero-order valence-corrected chi connectivity index (χ0v) is 14.2. The van der Waals surface area contributed by atoms with E-state index < -0.39 is 0 Å². The number of hydrogen-bond donors (Lipinski definition) is 1. The first-order chi connectivity index (χ1) is 11.6. The molecular formula is C15H17N5O3S. The highest BCUT2D eigenvalue weighted by Crippen LogP contribution is 2.19. The predicted octanol–water partition coefficient (Wildman–Crippen LogP) is 2.95. The van der Waals surface area contributed by atoms with Gasteiger partial charge in [-0.05, 0) is 18.1 Å². The quantitative estimate of drug-likeness (QED) is 0.700. The van der Waals surface area contributed by atoms with Crippen molar-refractivity contribution in [3.63, 3.8) is 0 Å². The fourth-order valence-corrected chi connectivity index (χ4v) is 2.97. The van der Waals surface area contributed by atoms with Gasteiger partial charge in [0.2, 0.25) is 22.8 Å². The molecule has 0 aliphatic carbocycles. The summed E-state index contributed by atoms with van der Waals surface area (Å²) in [4.78, 5) is 16.2. The van der Waals surface area contributed by atoms with E-state index in [1.807, 2.05) is 0 Å². The Bertz CT molecular complexity index is 794. The van der Waals surface area contributed by atoms with Gasteiger partial charge < -0.3 is 14.3 Å². The molecule has 0 aliphatic heterocycles. The van der Waals surface area contributed by atoms with E-state index in [0.29, 0.717) is 34.9 Å². The third-order valence-electron chi connectivity index (χ3n) is 3.07. The van der Waals surface area contributed by atoms with Crippen LogP contribution in [0, 0.1) is 5.92 Å². The van der Waals surface area contributed by atoms with Crippen molar-refractivity contribution in [3.05, 3.63) is 29.3 Å². The molecular weight excluding hydrogens is 330 g/mol. The van der Waals surface area contributed by atoms with Crippen molar-refractivity contribution >= 4 is 22.4 Å². The zero-order chi connectivity index (χ0) is 16.9. The lowest BCUT2D eigenvalue weighted by Gasteiger charge is -1.99. The van der Waals surface area contributed by atoms with E-state index >= 15 is 0 Å². The maximum Gasteiger partial charge on any atom is 0.238 e. The molecule has 0 fully saturated rings. The maximum atomic E-state index is 12.0. The SMILES string of the molecule is CC(C)Cc1nnc(NC(=O)CCc2nc(-c3ccco3)no2)s1. The van der Waals surface area contributed by atoms with Crippen LogP contribution in [0.3, 0.4) is 0 Å². The number of hydrogen-bond acceptors (Lipinski definition) is 8. The molecule has 9 heteroatoms. The minimum absolute atomic E-state index is 0.167. The van der Waals surface area contributed by atoms with Crippen LogP contribution < -0.4 is 5.32 Å². The second-order valence-corrected chi connectivity index (χ2v) is 6.70. The molecule has 1 N–H and O–H groups in total. The Balaban J connectivity index is 1.50. The molecule has 0 spiro atoms. The summed E-state index contributed by atoms with van der Waals surface area (Å²) in [5.41, 5.74) is 0. The normalized spacial score (nSPS) is 11.1. The van der Waals surface area contributed by atoms with Crippen LogP contribution in [0.2, 0.25) is 0 Å². The predicted molar refractivity (Wildman–Crippen MR) is 87.4 cm³/mol. The number of carbonyl (C=O) groups excluding carboxylic acids is 1. The molecule has 1 amide bonds. The van der Waals surface area contributed by atoms with Gasteiger partial charge in [-0.15, -0.1) is 10.2 Å². The van der Waals surface area contributed by atoms with Gasteiger partial charge in [0.1, 0.15) is 5.01 Å². The summed E-state index contributed by atoms with van der Waals surface area (Å²) in [6.45, 7) is 4.22. The second kappa shape index (κ2) is 7.35. The van der Waals surface area contributed by atoms with Gasteiger partial charge in [0.05, 0.1) is 6.26 Å². The highest BCUT2D eigenvalue weighted by Gasteiger charge is 2.13. The summed E-state index contributed by atoms with van der Waals surface area (Å²) in [5, 5.41) is 16.0. The Hall–Kier alpha value is -2.55. The average Bonchev–Trinajstić information content (AvgIpc) is 3.26. The van der Waals surface area contributed by atoms with Crippen molar-refractivity contribution in [2.45, 2.75) is 33.1 Å². The Morgan fingerprint density at radius 2 is 2.25 bits per heavy atom. The first kappa shape index (κ1) is 16.3. The van der Waals surface area contributed by atoms with E-state index in [0.717, 1.165) is 11.4 Å². The lowest BCUT2D eigenvalue weighted by Crippen LogP contribution is -2.12. The van der Waals surface area contributed by atoms with E-state index in [9.17, 15) is 4.79 Å². The fraction of sp³-hybridized carbons (Fsp3) is 0.400. The molecule has 0 bridgehead atoms. The van der Waals surface area contributed by atoms with Crippen molar-refractivity contribution < 1.29 is 13.7 Å². The van der Waals surface area contributed by atoms with Crippen LogP contribution >= 0.6 is 11.3 Å². The maximum absolute atomic E-state index is 12.0. The van der Waals surface area contributed by atoms with Crippen molar-refractivity contribution in [1.29, 1.82) is 0 Å². The van der Waals surface area contributed by atoms with Gasteiger partial charge in [-0.3, -0.25) is 4.79 Å². The zero-order valence-electron chi connectivity index (χ0n) is 13.4. The molecule has 126 valence electrons. The van der Waals surface area contributed by atoms with Crippen LogP contribution in [0.15, 0.2) is 27.3 Å². The van der Waals surface area contributed by atoms with E-state index in [-0.39, 0.29) is 12.3 Å². The summed E-state index contributed by atoms with van der Waals surface area (Å²) in [6.07, 6.45) is 2.95. The molecule has 0 saturated heterocycles. The highest BCUT2D eigenvalue weighted by molar-refractivity contribution is 7.15. The summed E-state index contributed by atoms with van der Waals surface area (Å²) in [7, 11) is 0. The van der Waals surface area contributed by atoms with Crippen LogP contribution in [-0.4, -0.2) is 26.2 Å². The van der Waals surface area contributed by atoms with E-state index in [4.69, 9.17) is 8.94 Å². The van der Waals surface area contributed by atoms with Crippen molar-refractivity contribution in [3.8, 4) is 11.6 Å². The Kier molecular flexibility index (Phi) is 4.99. The van der Waals surface area contributed by atoms with Crippen LogP contribution in [-0.2, 0) is 17.6 Å². The Labute approximate surface area is 142 Å². The topological polar surface area (TPSA) is 107 Å². The van der Waals surface area contributed by atoms with Crippen molar-refractivity contribution in [2.75, 3.05) is 5.32 Å². The molecule has 0 saturated carbocycles. The largest absolute Gasteiger partial charge is 0.461 e. The minimum Gasteiger partial charge on any atom is -0.461 e. The monoisotopic (exact) mass is 347 g/mol. The molecule has 3 heterocycles. The number of nitrogens with zero attached hydrogens (tertiary/aromatic N) is 4. The van der Waals surface area contributed by atoms with Gasteiger partial charge in [-0.25, -0.2) is 0 Å². The molecule has 3 aromatic rings. The molecule has 3 aromatic heterocycles. The van der Waals surface area contributed by atoms with Gasteiger partial charge >= 0.3 is 0 Å². The first-order valence-corrected chi connectivity index (χ1v) is 8.40. The Morgan fingerprint density at radius 3 is 3.00 bits per heavy atom. The van der Waals surface area contributed by atoms with E-state index in [2.05, 4.69) is 39.5 Å². The summed E-state index contributed by atoms with van der Waals surface area (Å²) < 4.78 is 10.3. The van der Waals surface area contributed by atoms with E-state index in [1.54, 1.807) is 12.1 Å².